The van der Waals surface area contributed by atoms with Gasteiger partial charge in [0.05, 0.1) is 18.9 Å². The molecule has 0 radical (unpaired) electrons. The molecular weight excluding hydrogens is 206 g/mol. The molecule has 0 amide bonds. The van der Waals surface area contributed by atoms with Gasteiger partial charge in [0.2, 0.25) is 5.88 Å². The van der Waals surface area contributed by atoms with E-state index in [1.165, 1.54) is 0 Å². The molecule has 1 aliphatic rings. The molecule has 1 aliphatic heterocycles. The van der Waals surface area contributed by atoms with E-state index in [1.807, 2.05) is 12.1 Å². The summed E-state index contributed by atoms with van der Waals surface area (Å²) < 4.78 is 10.8. The Morgan fingerprint density at radius 1 is 1.50 bits per heavy atom. The maximum absolute atomic E-state index is 5.62. The Bertz CT molecular complexity index is 310. The van der Waals surface area contributed by atoms with E-state index in [0.29, 0.717) is 12.5 Å². The first kappa shape index (κ1) is 11.3. The normalized spacial score (nSPS) is 19.9. The van der Waals surface area contributed by atoms with Crippen molar-refractivity contribution in [1.29, 1.82) is 0 Å². The second kappa shape index (κ2) is 5.77. The lowest BCUT2D eigenvalue weighted by atomic mass is 10.3. The molecule has 0 saturated carbocycles. The molecule has 88 valence electrons. The summed E-state index contributed by atoms with van der Waals surface area (Å²) in [5.41, 5.74) is 0.928. The minimum absolute atomic E-state index is 0.133. The summed E-state index contributed by atoms with van der Waals surface area (Å²) in [7, 11) is 0. The number of ether oxygens (including phenoxy) is 2. The standard InChI is InChI=1S/C11H17N3O2/c1-2-12-7-9-3-4-11(14-13-9)16-10-5-6-15-8-10/h3-4,10,12H,2,5-8H2,1H3. The first-order valence-electron chi connectivity index (χ1n) is 5.66. The summed E-state index contributed by atoms with van der Waals surface area (Å²) in [4.78, 5) is 0. The van der Waals surface area contributed by atoms with Crippen molar-refractivity contribution in [1.82, 2.24) is 15.5 Å². The van der Waals surface area contributed by atoms with Crippen LogP contribution in [0.5, 0.6) is 5.88 Å². The van der Waals surface area contributed by atoms with Gasteiger partial charge in [0.25, 0.3) is 0 Å². The van der Waals surface area contributed by atoms with Crippen molar-refractivity contribution in [3.8, 4) is 5.88 Å². The zero-order chi connectivity index (χ0) is 11.2. The number of hydrogen-bond donors (Lipinski definition) is 1. The third-order valence-electron chi connectivity index (χ3n) is 2.43. The first-order valence-corrected chi connectivity index (χ1v) is 5.66. The molecule has 2 heterocycles. The molecule has 1 saturated heterocycles. The van der Waals surface area contributed by atoms with E-state index in [9.17, 15) is 0 Å². The molecule has 0 aromatic carbocycles. The molecule has 1 atom stereocenters. The van der Waals surface area contributed by atoms with E-state index in [-0.39, 0.29) is 6.10 Å². The lowest BCUT2D eigenvalue weighted by Gasteiger charge is -2.10. The van der Waals surface area contributed by atoms with Gasteiger partial charge in [-0.05, 0) is 12.6 Å². The zero-order valence-electron chi connectivity index (χ0n) is 9.48. The average Bonchev–Trinajstić information content (AvgIpc) is 2.81. The van der Waals surface area contributed by atoms with Crippen LogP contribution in [0.2, 0.25) is 0 Å². The van der Waals surface area contributed by atoms with Gasteiger partial charge < -0.3 is 14.8 Å². The second-order valence-corrected chi connectivity index (χ2v) is 3.75. The minimum atomic E-state index is 0.133. The second-order valence-electron chi connectivity index (χ2n) is 3.75. The Hall–Kier alpha value is -1.20. The molecule has 0 bridgehead atoms. The monoisotopic (exact) mass is 223 g/mol. The highest BCUT2D eigenvalue weighted by molar-refractivity contribution is 5.11. The Kier molecular flexibility index (Phi) is 4.07. The molecule has 5 heteroatoms. The molecule has 16 heavy (non-hydrogen) atoms. The van der Waals surface area contributed by atoms with Crippen molar-refractivity contribution in [3.05, 3.63) is 17.8 Å². The molecule has 5 nitrogen and oxygen atoms in total. The smallest absolute Gasteiger partial charge is 0.233 e. The molecule has 1 fully saturated rings. The van der Waals surface area contributed by atoms with E-state index in [0.717, 1.165) is 31.8 Å². The van der Waals surface area contributed by atoms with Crippen molar-refractivity contribution < 1.29 is 9.47 Å². The molecule has 1 aromatic rings. The molecule has 1 N–H and O–H groups in total. The average molecular weight is 223 g/mol. The lowest BCUT2D eigenvalue weighted by Crippen LogP contribution is -2.17. The van der Waals surface area contributed by atoms with Crippen molar-refractivity contribution in [2.24, 2.45) is 0 Å². The third kappa shape index (κ3) is 3.15. The first-order chi connectivity index (χ1) is 7.88. The van der Waals surface area contributed by atoms with Crippen molar-refractivity contribution in [3.63, 3.8) is 0 Å². The van der Waals surface area contributed by atoms with Crippen LogP contribution < -0.4 is 10.1 Å². The minimum Gasteiger partial charge on any atom is -0.471 e. The fraction of sp³-hybridized carbons (Fsp3) is 0.636. The van der Waals surface area contributed by atoms with Crippen molar-refractivity contribution in [2.45, 2.75) is 26.0 Å². The summed E-state index contributed by atoms with van der Waals surface area (Å²) in [6, 6.07) is 3.79. The van der Waals surface area contributed by atoms with Gasteiger partial charge in [0, 0.05) is 19.0 Å². The molecule has 2 rings (SSSR count). The summed E-state index contributed by atoms with van der Waals surface area (Å²) in [5.74, 6) is 0.579. The topological polar surface area (TPSA) is 56.3 Å². The summed E-state index contributed by atoms with van der Waals surface area (Å²) >= 11 is 0. The number of rotatable bonds is 5. The molecular formula is C11H17N3O2. The summed E-state index contributed by atoms with van der Waals surface area (Å²) in [6.07, 6.45) is 1.06. The van der Waals surface area contributed by atoms with Gasteiger partial charge in [0.15, 0.2) is 0 Å². The number of nitrogens with one attached hydrogen (secondary N) is 1. The fourth-order valence-corrected chi connectivity index (χ4v) is 1.53. The van der Waals surface area contributed by atoms with E-state index in [1.54, 1.807) is 0 Å². The van der Waals surface area contributed by atoms with Gasteiger partial charge in [-0.3, -0.25) is 0 Å². The van der Waals surface area contributed by atoms with Crippen molar-refractivity contribution >= 4 is 0 Å². The van der Waals surface area contributed by atoms with Crippen LogP contribution in [0, 0.1) is 0 Å². The Balaban J connectivity index is 1.86. The van der Waals surface area contributed by atoms with Crippen molar-refractivity contribution in [2.75, 3.05) is 19.8 Å². The van der Waals surface area contributed by atoms with Gasteiger partial charge in [-0.25, -0.2) is 0 Å². The van der Waals surface area contributed by atoms with Gasteiger partial charge >= 0.3 is 0 Å². The Morgan fingerprint density at radius 2 is 2.44 bits per heavy atom. The van der Waals surface area contributed by atoms with E-state index in [2.05, 4.69) is 22.4 Å². The maximum Gasteiger partial charge on any atom is 0.233 e. The van der Waals surface area contributed by atoms with Gasteiger partial charge in [-0.15, -0.1) is 5.10 Å². The Morgan fingerprint density at radius 3 is 3.06 bits per heavy atom. The van der Waals surface area contributed by atoms with E-state index in [4.69, 9.17) is 9.47 Å². The largest absolute Gasteiger partial charge is 0.471 e. The third-order valence-corrected chi connectivity index (χ3v) is 2.43. The highest BCUT2D eigenvalue weighted by Gasteiger charge is 2.17. The summed E-state index contributed by atoms with van der Waals surface area (Å²) in [5, 5.41) is 11.3. The lowest BCUT2D eigenvalue weighted by molar-refractivity contribution is 0.137. The predicted molar refractivity (Wildman–Crippen MR) is 59.3 cm³/mol. The van der Waals surface area contributed by atoms with Crippen LogP contribution in [0.15, 0.2) is 12.1 Å². The summed E-state index contributed by atoms with van der Waals surface area (Å²) in [6.45, 7) is 5.16. The van der Waals surface area contributed by atoms with Crippen LogP contribution in [-0.4, -0.2) is 36.1 Å². The highest BCUT2D eigenvalue weighted by atomic mass is 16.5. The molecule has 1 unspecified atom stereocenters. The van der Waals surface area contributed by atoms with Crippen LogP contribution in [0.25, 0.3) is 0 Å². The molecule has 0 spiro atoms. The van der Waals surface area contributed by atoms with Gasteiger partial charge in [-0.2, -0.15) is 5.10 Å². The van der Waals surface area contributed by atoms with Crippen LogP contribution in [0.1, 0.15) is 19.0 Å². The highest BCUT2D eigenvalue weighted by Crippen LogP contribution is 2.13. The Labute approximate surface area is 95.2 Å². The van der Waals surface area contributed by atoms with E-state index >= 15 is 0 Å². The van der Waals surface area contributed by atoms with Gasteiger partial charge in [0.1, 0.15) is 6.10 Å². The van der Waals surface area contributed by atoms with Crippen LogP contribution in [0.3, 0.4) is 0 Å². The van der Waals surface area contributed by atoms with Crippen LogP contribution in [-0.2, 0) is 11.3 Å². The number of aromatic nitrogens is 2. The van der Waals surface area contributed by atoms with Crippen LogP contribution >= 0.6 is 0 Å². The van der Waals surface area contributed by atoms with Crippen LogP contribution in [0.4, 0.5) is 0 Å². The van der Waals surface area contributed by atoms with E-state index < -0.39 is 0 Å². The quantitative estimate of drug-likeness (QED) is 0.798. The molecule has 0 aliphatic carbocycles. The zero-order valence-corrected chi connectivity index (χ0v) is 9.48. The van der Waals surface area contributed by atoms with Gasteiger partial charge in [-0.1, -0.05) is 6.92 Å². The predicted octanol–water partition coefficient (Wildman–Crippen LogP) is 0.754. The fourth-order valence-electron chi connectivity index (χ4n) is 1.53. The maximum atomic E-state index is 5.62. The SMILES string of the molecule is CCNCc1ccc(OC2CCOC2)nn1. The molecule has 1 aromatic heterocycles. The number of hydrogen-bond acceptors (Lipinski definition) is 5. The number of nitrogens with zero attached hydrogens (tertiary/aromatic N) is 2.